The number of fused-ring (bicyclic) bond motifs is 2. The summed E-state index contributed by atoms with van der Waals surface area (Å²) < 4.78 is 93.5. The molecule has 20 heteroatoms. The first-order valence-electron chi connectivity index (χ1n) is 19.4. The quantitative estimate of drug-likeness (QED) is 0.0430. The van der Waals surface area contributed by atoms with Crippen molar-refractivity contribution < 1.29 is 45.4 Å². The molecule has 2 heterocycles. The first kappa shape index (κ1) is 48.0. The Kier molecular flexibility index (Phi) is 15.3. The van der Waals surface area contributed by atoms with E-state index in [0.717, 1.165) is 46.5 Å². The summed E-state index contributed by atoms with van der Waals surface area (Å²) in [4.78, 5) is 41.3. The third kappa shape index (κ3) is 12.3. The van der Waals surface area contributed by atoms with Gasteiger partial charge in [0.2, 0.25) is 0 Å². The minimum absolute atomic E-state index is 0.0351. The molecule has 0 atom stereocenters. The Labute approximate surface area is 364 Å². The van der Waals surface area contributed by atoms with Crippen molar-refractivity contribution >= 4 is 45.5 Å². The molecule has 0 aliphatic heterocycles. The minimum Gasteiger partial charge on any atom is -0.489 e. The second-order valence-corrected chi connectivity index (χ2v) is 14.9. The fourth-order valence-electron chi connectivity index (χ4n) is 6.52. The number of H-pyrrole nitrogens is 2. The molecular formula is C44H48F6N10O4. The summed E-state index contributed by atoms with van der Waals surface area (Å²) in [5.74, 6) is -1.47. The van der Waals surface area contributed by atoms with Gasteiger partial charge in [-0.05, 0) is 80.8 Å². The van der Waals surface area contributed by atoms with Crippen molar-refractivity contribution in [2.24, 2.45) is 21.5 Å². The van der Waals surface area contributed by atoms with Gasteiger partial charge in [0.25, 0.3) is 11.8 Å². The number of halogens is 6. The number of ether oxygens (including phenoxy) is 2. The molecule has 64 heavy (non-hydrogen) atoms. The van der Waals surface area contributed by atoms with Crippen LogP contribution in [-0.2, 0) is 38.7 Å². The fourth-order valence-corrected chi connectivity index (χ4v) is 6.52. The molecule has 2 amide bonds. The van der Waals surface area contributed by atoms with Crippen LogP contribution in [-0.4, -0.2) is 85.8 Å². The SMILES string of the molecule is CN=C(N)NC(=O)c1cc2c(C(F)(F)F)cc(OCc3ccccc3CN(C)C)cc2[nH]1.CN=C(N)NC(=O)c1cc2c(C(F)(F)F)ccc(OCc3ccccc3CN(C)C)c2[nH]1. The average Bonchev–Trinajstić information content (AvgIpc) is 3.87. The second-order valence-electron chi connectivity index (χ2n) is 14.9. The number of aromatic nitrogens is 2. The smallest absolute Gasteiger partial charge is 0.417 e. The Morgan fingerprint density at radius 2 is 1.09 bits per heavy atom. The zero-order valence-corrected chi connectivity index (χ0v) is 35.8. The van der Waals surface area contributed by atoms with Crippen molar-refractivity contribution in [2.45, 2.75) is 38.7 Å². The lowest BCUT2D eigenvalue weighted by Gasteiger charge is -2.16. The normalized spacial score (nSPS) is 12.4. The van der Waals surface area contributed by atoms with Crippen molar-refractivity contribution in [3.8, 4) is 11.5 Å². The van der Waals surface area contributed by atoms with Gasteiger partial charge in [-0.15, -0.1) is 0 Å². The van der Waals surface area contributed by atoms with Crippen LogP contribution in [0.4, 0.5) is 26.3 Å². The van der Waals surface area contributed by atoms with E-state index in [0.29, 0.717) is 13.1 Å². The van der Waals surface area contributed by atoms with Crippen LogP contribution < -0.4 is 31.6 Å². The van der Waals surface area contributed by atoms with Gasteiger partial charge in [0.05, 0.1) is 22.2 Å². The fraction of sp³-hybridized carbons (Fsp3) is 0.273. The van der Waals surface area contributed by atoms with Gasteiger partial charge in [0.1, 0.15) is 36.1 Å². The summed E-state index contributed by atoms with van der Waals surface area (Å²) in [6.07, 6.45) is -9.24. The van der Waals surface area contributed by atoms with Crippen LogP contribution >= 0.6 is 0 Å². The van der Waals surface area contributed by atoms with Gasteiger partial charge in [0.15, 0.2) is 11.9 Å². The molecule has 0 aliphatic carbocycles. The largest absolute Gasteiger partial charge is 0.489 e. The number of rotatable bonds is 12. The van der Waals surface area contributed by atoms with Crippen molar-refractivity contribution in [1.29, 1.82) is 0 Å². The van der Waals surface area contributed by atoms with E-state index in [1.807, 2.05) is 86.5 Å². The van der Waals surface area contributed by atoms with Crippen molar-refractivity contribution in [3.05, 3.63) is 130 Å². The summed E-state index contributed by atoms with van der Waals surface area (Å²) in [6, 6.07) is 22.1. The molecule has 0 radical (unpaired) electrons. The van der Waals surface area contributed by atoms with Crippen LogP contribution in [0.2, 0.25) is 0 Å². The topological polar surface area (TPSA) is 191 Å². The number of nitrogens with two attached hydrogens (primary N) is 2. The van der Waals surface area contributed by atoms with Crippen molar-refractivity contribution in [3.63, 3.8) is 0 Å². The van der Waals surface area contributed by atoms with Gasteiger partial charge in [-0.3, -0.25) is 30.2 Å². The minimum atomic E-state index is -4.64. The Morgan fingerprint density at radius 1 is 0.625 bits per heavy atom. The summed E-state index contributed by atoms with van der Waals surface area (Å²) in [7, 11) is 10.5. The summed E-state index contributed by atoms with van der Waals surface area (Å²) in [6.45, 7) is 1.62. The van der Waals surface area contributed by atoms with Gasteiger partial charge in [-0.25, -0.2) is 0 Å². The number of aliphatic imine (C=N–C) groups is 2. The van der Waals surface area contributed by atoms with Gasteiger partial charge in [-0.2, -0.15) is 26.3 Å². The average molecular weight is 895 g/mol. The van der Waals surface area contributed by atoms with Gasteiger partial charge in [0, 0.05) is 44.0 Å². The van der Waals surface area contributed by atoms with Crippen LogP contribution in [0.3, 0.4) is 0 Å². The molecule has 8 N–H and O–H groups in total. The molecule has 4 aromatic carbocycles. The molecule has 6 rings (SSSR count). The zero-order valence-electron chi connectivity index (χ0n) is 35.8. The molecule has 2 aromatic heterocycles. The number of nitrogens with zero attached hydrogens (tertiary/aromatic N) is 4. The molecule has 0 saturated heterocycles. The number of nitrogens with one attached hydrogen (secondary N) is 4. The Bertz CT molecular complexity index is 2670. The molecular weight excluding hydrogens is 847 g/mol. The highest BCUT2D eigenvalue weighted by atomic mass is 19.4. The van der Waals surface area contributed by atoms with Crippen LogP contribution in [0.1, 0.15) is 54.4 Å². The highest BCUT2D eigenvalue weighted by Gasteiger charge is 2.35. The Hall–Kier alpha value is -7.06. The van der Waals surface area contributed by atoms with E-state index in [-0.39, 0.29) is 69.8 Å². The second kappa shape index (κ2) is 20.4. The van der Waals surface area contributed by atoms with Crippen LogP contribution in [0.25, 0.3) is 21.8 Å². The summed E-state index contributed by atoms with van der Waals surface area (Å²) in [5, 5.41) is 4.27. The maximum Gasteiger partial charge on any atom is 0.417 e. The molecule has 340 valence electrons. The number of benzene rings is 4. The van der Waals surface area contributed by atoms with Gasteiger partial charge in [-0.1, -0.05) is 48.5 Å². The van der Waals surface area contributed by atoms with Crippen LogP contribution in [0.15, 0.2) is 94.9 Å². The number of amides is 2. The van der Waals surface area contributed by atoms with Crippen LogP contribution in [0.5, 0.6) is 11.5 Å². The summed E-state index contributed by atoms with van der Waals surface area (Å²) in [5.41, 5.74) is 13.0. The van der Waals surface area contributed by atoms with Crippen LogP contribution in [0, 0.1) is 0 Å². The first-order chi connectivity index (χ1) is 30.2. The summed E-state index contributed by atoms with van der Waals surface area (Å²) >= 11 is 0. The van der Waals surface area contributed by atoms with Crippen molar-refractivity contribution in [2.75, 3.05) is 42.3 Å². The zero-order chi connectivity index (χ0) is 46.9. The van der Waals surface area contributed by atoms with E-state index in [9.17, 15) is 35.9 Å². The molecule has 0 aliphatic rings. The number of carbonyl (C=O) groups excluding carboxylic acids is 2. The highest BCUT2D eigenvalue weighted by Crippen LogP contribution is 2.40. The van der Waals surface area contributed by atoms with E-state index in [1.54, 1.807) is 0 Å². The first-order valence-corrected chi connectivity index (χ1v) is 19.4. The molecule has 0 saturated carbocycles. The number of carbonyl (C=O) groups is 2. The maximum absolute atomic E-state index is 13.7. The van der Waals surface area contributed by atoms with E-state index in [1.165, 1.54) is 26.2 Å². The predicted molar refractivity (Wildman–Crippen MR) is 233 cm³/mol. The number of hydrogen-bond acceptors (Lipinski definition) is 8. The highest BCUT2D eigenvalue weighted by molar-refractivity contribution is 6.08. The number of hydrogen-bond donors (Lipinski definition) is 6. The van der Waals surface area contributed by atoms with Gasteiger partial charge < -0.3 is 40.7 Å². The van der Waals surface area contributed by atoms with Gasteiger partial charge >= 0.3 is 12.4 Å². The third-order valence-corrected chi connectivity index (χ3v) is 9.52. The molecule has 6 aromatic rings. The Balaban J connectivity index is 0.000000241. The lowest BCUT2D eigenvalue weighted by Crippen LogP contribution is -2.36. The van der Waals surface area contributed by atoms with E-state index >= 15 is 0 Å². The number of aromatic amines is 2. The molecule has 0 fully saturated rings. The standard InChI is InChI=1S/2C22H24F3N5O2/c1-27-21(26)29-20(31)19-10-16-17(22(23,24)25)8-15(9-18(16)28-19)32-12-14-7-5-4-6-13(14)11-30(2)3;1-27-21(26)29-20(31)17-10-15-16(22(23,24)25)8-9-18(19(15)28-17)32-12-14-7-5-4-6-13(14)11-30(2)3/h2*4-10,28H,11-12H2,1-3H3,(H3,26,27,29,31). The predicted octanol–water partition coefficient (Wildman–Crippen LogP) is 7.00. The third-order valence-electron chi connectivity index (χ3n) is 9.52. The van der Waals surface area contributed by atoms with E-state index in [4.69, 9.17) is 20.9 Å². The van der Waals surface area contributed by atoms with E-state index in [2.05, 4.69) is 30.6 Å². The number of guanidine groups is 2. The molecule has 0 bridgehead atoms. The lowest BCUT2D eigenvalue weighted by atomic mass is 10.1. The van der Waals surface area contributed by atoms with E-state index < -0.39 is 35.3 Å². The monoisotopic (exact) mass is 894 g/mol. The molecule has 0 unspecified atom stereocenters. The molecule has 0 spiro atoms. The Morgan fingerprint density at radius 3 is 1.58 bits per heavy atom. The van der Waals surface area contributed by atoms with Crippen molar-refractivity contribution in [1.82, 2.24) is 30.4 Å². The number of alkyl halides is 6. The maximum atomic E-state index is 13.7. The lowest BCUT2D eigenvalue weighted by molar-refractivity contribution is -0.137. The molecule has 14 nitrogen and oxygen atoms in total.